The van der Waals surface area contributed by atoms with Gasteiger partial charge in [0.1, 0.15) is 12.6 Å². The summed E-state index contributed by atoms with van der Waals surface area (Å²) >= 11 is 18.6. The van der Waals surface area contributed by atoms with E-state index in [-0.39, 0.29) is 23.0 Å². The summed E-state index contributed by atoms with van der Waals surface area (Å²) in [4.78, 5) is 28.7. The van der Waals surface area contributed by atoms with Gasteiger partial charge in [0.05, 0.1) is 22.5 Å². The molecule has 43 heavy (non-hydrogen) atoms. The first kappa shape index (κ1) is 34.5. The van der Waals surface area contributed by atoms with E-state index in [9.17, 15) is 31.2 Å². The van der Waals surface area contributed by atoms with Crippen LogP contribution >= 0.6 is 34.8 Å². The zero-order chi connectivity index (χ0) is 31.9. The molecule has 7 nitrogen and oxygen atoms in total. The Morgan fingerprint density at radius 1 is 0.953 bits per heavy atom. The second kappa shape index (κ2) is 14.7. The quantitative estimate of drug-likeness (QED) is 0.234. The van der Waals surface area contributed by atoms with E-state index in [4.69, 9.17) is 34.8 Å². The van der Waals surface area contributed by atoms with Crippen LogP contribution in [0.1, 0.15) is 30.0 Å². The standard InChI is InChI=1S/C29H29Cl3F3N3O4S/c1-3-13-36-28(40)26(14-19-7-5-4-6-8-19)37(17-20-9-11-22(30)16-24(20)32)27(39)18-38(43(2,41)42)25-15-21(29(33,34)35)10-12-23(25)31/h4-12,15-16,26H,3,13-14,17-18H2,1-2H3,(H,36,40)/t26-/m1/s1. The third-order valence-electron chi connectivity index (χ3n) is 6.40. The van der Waals surface area contributed by atoms with Gasteiger partial charge in [0.15, 0.2) is 0 Å². The van der Waals surface area contributed by atoms with Crippen LogP contribution in [-0.4, -0.2) is 50.5 Å². The first-order valence-corrected chi connectivity index (χ1v) is 16.0. The summed E-state index contributed by atoms with van der Waals surface area (Å²) < 4.78 is 66.8. The lowest BCUT2D eigenvalue weighted by Gasteiger charge is -2.34. The van der Waals surface area contributed by atoms with Gasteiger partial charge in [-0.15, -0.1) is 0 Å². The van der Waals surface area contributed by atoms with Crippen LogP contribution in [0.15, 0.2) is 66.7 Å². The zero-order valence-corrected chi connectivity index (χ0v) is 26.3. The Bertz CT molecular complexity index is 1560. The van der Waals surface area contributed by atoms with Crippen molar-refractivity contribution < 1.29 is 31.2 Å². The summed E-state index contributed by atoms with van der Waals surface area (Å²) in [5.74, 6) is -1.38. The largest absolute Gasteiger partial charge is 0.416 e. The van der Waals surface area contributed by atoms with Crippen LogP contribution in [0, 0.1) is 0 Å². The number of hydrogen-bond donors (Lipinski definition) is 1. The molecule has 3 aromatic carbocycles. The average molecular weight is 679 g/mol. The maximum atomic E-state index is 14.1. The number of carbonyl (C=O) groups is 2. The monoisotopic (exact) mass is 677 g/mol. The molecule has 0 aliphatic carbocycles. The smallest absolute Gasteiger partial charge is 0.354 e. The van der Waals surface area contributed by atoms with Crippen LogP contribution in [0.5, 0.6) is 0 Å². The van der Waals surface area contributed by atoms with E-state index >= 15 is 0 Å². The number of nitrogens with zero attached hydrogens (tertiary/aromatic N) is 2. The first-order valence-electron chi connectivity index (χ1n) is 13.0. The first-order chi connectivity index (χ1) is 20.1. The Kier molecular flexibility index (Phi) is 11.8. The van der Waals surface area contributed by atoms with Gasteiger partial charge in [-0.1, -0.05) is 78.1 Å². The van der Waals surface area contributed by atoms with E-state index in [0.29, 0.717) is 45.6 Å². The van der Waals surface area contributed by atoms with Gasteiger partial charge in [-0.05, 0) is 47.9 Å². The summed E-state index contributed by atoms with van der Waals surface area (Å²) in [5, 5.41) is 2.98. The molecule has 232 valence electrons. The fraction of sp³-hybridized carbons (Fsp3) is 0.310. The van der Waals surface area contributed by atoms with Crippen molar-refractivity contribution in [2.24, 2.45) is 0 Å². The van der Waals surface area contributed by atoms with Crippen molar-refractivity contribution >= 4 is 62.3 Å². The summed E-state index contributed by atoms with van der Waals surface area (Å²) in [6, 6.07) is 14.4. The average Bonchev–Trinajstić information content (AvgIpc) is 2.93. The molecule has 0 saturated carbocycles. The predicted octanol–water partition coefficient (Wildman–Crippen LogP) is 6.60. The number of nitrogens with one attached hydrogen (secondary N) is 1. The van der Waals surface area contributed by atoms with Crippen LogP contribution in [-0.2, 0) is 38.8 Å². The molecule has 1 atom stereocenters. The third-order valence-corrected chi connectivity index (χ3v) is 8.43. The topological polar surface area (TPSA) is 86.8 Å². The molecular weight excluding hydrogens is 650 g/mol. The molecule has 0 saturated heterocycles. The van der Waals surface area contributed by atoms with Gasteiger partial charge in [-0.2, -0.15) is 13.2 Å². The molecule has 3 rings (SSSR count). The molecule has 14 heteroatoms. The summed E-state index contributed by atoms with van der Waals surface area (Å²) in [7, 11) is -4.35. The maximum Gasteiger partial charge on any atom is 0.416 e. The molecule has 0 heterocycles. The highest BCUT2D eigenvalue weighted by atomic mass is 35.5. The summed E-state index contributed by atoms with van der Waals surface area (Å²) in [6.45, 7) is 0.978. The van der Waals surface area contributed by atoms with E-state index < -0.39 is 51.9 Å². The predicted molar refractivity (Wildman–Crippen MR) is 163 cm³/mol. The highest BCUT2D eigenvalue weighted by molar-refractivity contribution is 7.92. The van der Waals surface area contributed by atoms with Gasteiger partial charge in [-0.25, -0.2) is 8.42 Å². The molecule has 0 fully saturated rings. The third kappa shape index (κ3) is 9.50. The Morgan fingerprint density at radius 3 is 2.21 bits per heavy atom. The number of carbonyl (C=O) groups excluding carboxylic acids is 2. The number of halogens is 6. The molecule has 0 aromatic heterocycles. The number of sulfonamides is 1. The molecule has 2 amide bonds. The highest BCUT2D eigenvalue weighted by Gasteiger charge is 2.36. The van der Waals surface area contributed by atoms with Crippen molar-refractivity contribution in [3.8, 4) is 0 Å². The number of benzene rings is 3. The number of alkyl halides is 3. The van der Waals surface area contributed by atoms with E-state index in [0.717, 1.165) is 17.2 Å². The van der Waals surface area contributed by atoms with E-state index in [1.165, 1.54) is 6.07 Å². The van der Waals surface area contributed by atoms with Gasteiger partial charge in [0.25, 0.3) is 0 Å². The molecule has 0 aliphatic heterocycles. The number of rotatable bonds is 12. The molecule has 1 N–H and O–H groups in total. The number of amides is 2. The van der Waals surface area contributed by atoms with Crippen molar-refractivity contribution in [3.63, 3.8) is 0 Å². The van der Waals surface area contributed by atoms with Gasteiger partial charge in [0, 0.05) is 29.6 Å². The lowest BCUT2D eigenvalue weighted by molar-refractivity contribution is -0.140. The van der Waals surface area contributed by atoms with E-state index in [1.54, 1.807) is 42.5 Å². The molecule has 0 bridgehead atoms. The zero-order valence-electron chi connectivity index (χ0n) is 23.2. The van der Waals surface area contributed by atoms with Gasteiger partial charge in [-0.3, -0.25) is 13.9 Å². The minimum atomic E-state index is -4.80. The SMILES string of the molecule is CCCNC(=O)[C@@H](Cc1ccccc1)N(Cc1ccc(Cl)cc1Cl)C(=O)CN(c1cc(C(F)(F)F)ccc1Cl)S(C)(=O)=O. The van der Waals surface area contributed by atoms with Crippen LogP contribution < -0.4 is 9.62 Å². The van der Waals surface area contributed by atoms with E-state index in [1.807, 2.05) is 6.92 Å². The Hall–Kier alpha value is -2.99. The summed E-state index contributed by atoms with van der Waals surface area (Å²) in [6.07, 6.45) is -3.40. The second-order valence-corrected chi connectivity index (χ2v) is 12.8. The fourth-order valence-corrected chi connectivity index (χ4v) is 5.82. The van der Waals surface area contributed by atoms with Crippen molar-refractivity contribution in [2.75, 3.05) is 23.7 Å². The Balaban J connectivity index is 2.13. The maximum absolute atomic E-state index is 14.1. The minimum absolute atomic E-state index is 0.0521. The second-order valence-electron chi connectivity index (χ2n) is 9.69. The molecule has 0 radical (unpaired) electrons. The lowest BCUT2D eigenvalue weighted by Crippen LogP contribution is -2.53. The normalized spacial score (nSPS) is 12.5. The van der Waals surface area contributed by atoms with Gasteiger partial charge in [0.2, 0.25) is 21.8 Å². The van der Waals surface area contributed by atoms with Crippen molar-refractivity contribution in [3.05, 3.63) is 98.5 Å². The number of hydrogen-bond acceptors (Lipinski definition) is 4. The van der Waals surface area contributed by atoms with Crippen molar-refractivity contribution in [2.45, 2.75) is 38.5 Å². The van der Waals surface area contributed by atoms with Gasteiger partial charge < -0.3 is 10.2 Å². The summed E-state index contributed by atoms with van der Waals surface area (Å²) in [5.41, 5.74) is -0.575. The van der Waals surface area contributed by atoms with Crippen LogP contribution in [0.3, 0.4) is 0 Å². The molecule has 3 aromatic rings. The lowest BCUT2D eigenvalue weighted by atomic mass is 10.0. The van der Waals surface area contributed by atoms with Crippen LogP contribution in [0.4, 0.5) is 18.9 Å². The van der Waals surface area contributed by atoms with Gasteiger partial charge >= 0.3 is 6.18 Å². The minimum Gasteiger partial charge on any atom is -0.354 e. The van der Waals surface area contributed by atoms with Crippen LogP contribution in [0.2, 0.25) is 15.1 Å². The number of anilines is 1. The molecule has 0 unspecified atom stereocenters. The van der Waals surface area contributed by atoms with E-state index in [2.05, 4.69) is 5.32 Å². The molecule has 0 aliphatic rings. The Labute approximate surface area is 263 Å². The Morgan fingerprint density at radius 2 is 1.63 bits per heavy atom. The molecular formula is C29H29Cl3F3N3O4S. The molecule has 0 spiro atoms. The van der Waals surface area contributed by atoms with Crippen molar-refractivity contribution in [1.29, 1.82) is 0 Å². The van der Waals surface area contributed by atoms with Crippen LogP contribution in [0.25, 0.3) is 0 Å². The van der Waals surface area contributed by atoms with Crippen molar-refractivity contribution in [1.82, 2.24) is 10.2 Å². The highest BCUT2D eigenvalue weighted by Crippen LogP contribution is 2.36. The fourth-order valence-electron chi connectivity index (χ4n) is 4.23.